The van der Waals surface area contributed by atoms with Gasteiger partial charge in [0.15, 0.2) is 11.5 Å². The van der Waals surface area contributed by atoms with Gasteiger partial charge in [-0.3, -0.25) is 4.98 Å². The smallest absolute Gasteiger partial charge is 0.184 e. The molecule has 0 atom stereocenters. The molecule has 1 aromatic carbocycles. The number of benzene rings is 1. The summed E-state index contributed by atoms with van der Waals surface area (Å²) < 4.78 is 10.8. The number of rotatable bonds is 3. The van der Waals surface area contributed by atoms with Crippen LogP contribution in [0.1, 0.15) is 0 Å². The quantitative estimate of drug-likeness (QED) is 0.801. The highest BCUT2D eigenvalue weighted by Gasteiger charge is 2.08. The number of ether oxygens (including phenoxy) is 2. The first-order valence-electron chi connectivity index (χ1n) is 4.81. The van der Waals surface area contributed by atoms with E-state index in [1.165, 1.54) is 0 Å². The van der Waals surface area contributed by atoms with Crippen molar-refractivity contribution in [2.45, 2.75) is 0 Å². The van der Waals surface area contributed by atoms with Crippen LogP contribution < -0.4 is 15.2 Å². The zero-order valence-electron chi connectivity index (χ0n) is 8.88. The molecule has 4 heteroatoms. The molecule has 2 rings (SSSR count). The summed E-state index contributed by atoms with van der Waals surface area (Å²) >= 11 is 0. The van der Waals surface area contributed by atoms with Crippen LogP contribution in [0.15, 0.2) is 42.7 Å². The van der Waals surface area contributed by atoms with E-state index in [4.69, 9.17) is 15.2 Å². The molecule has 0 unspecified atom stereocenters. The molecule has 82 valence electrons. The molecule has 0 amide bonds. The molecular formula is C12H12N2O2. The van der Waals surface area contributed by atoms with Crippen LogP contribution in [0, 0.1) is 0 Å². The lowest BCUT2D eigenvalue weighted by Gasteiger charge is -2.11. The van der Waals surface area contributed by atoms with Crippen LogP contribution in [0.25, 0.3) is 0 Å². The minimum Gasteiger partial charge on any atom is -0.491 e. The van der Waals surface area contributed by atoms with Gasteiger partial charge in [0.25, 0.3) is 0 Å². The molecule has 0 radical (unpaired) electrons. The van der Waals surface area contributed by atoms with E-state index in [0.717, 1.165) is 0 Å². The van der Waals surface area contributed by atoms with Crippen LogP contribution in [0.2, 0.25) is 0 Å². The molecule has 2 aromatic rings. The van der Waals surface area contributed by atoms with E-state index >= 15 is 0 Å². The molecule has 16 heavy (non-hydrogen) atoms. The summed E-state index contributed by atoms with van der Waals surface area (Å²) in [7, 11) is 1.56. The van der Waals surface area contributed by atoms with Crippen LogP contribution >= 0.6 is 0 Å². The molecule has 0 saturated carbocycles. The van der Waals surface area contributed by atoms with Crippen LogP contribution in [0.5, 0.6) is 17.2 Å². The summed E-state index contributed by atoms with van der Waals surface area (Å²) in [5, 5.41) is 0. The Morgan fingerprint density at radius 2 is 2.06 bits per heavy atom. The van der Waals surface area contributed by atoms with Crippen molar-refractivity contribution in [3.63, 3.8) is 0 Å². The Balaban J connectivity index is 2.31. The Hall–Kier alpha value is -2.23. The van der Waals surface area contributed by atoms with E-state index in [0.29, 0.717) is 22.9 Å². The molecule has 2 N–H and O–H groups in total. The minimum atomic E-state index is 0.534. The summed E-state index contributed by atoms with van der Waals surface area (Å²) in [5.41, 5.74) is 6.31. The fourth-order valence-electron chi connectivity index (χ4n) is 1.37. The van der Waals surface area contributed by atoms with Crippen molar-refractivity contribution >= 4 is 5.69 Å². The summed E-state index contributed by atoms with van der Waals surface area (Å²) in [5.74, 6) is 1.76. The number of nitrogens with zero attached hydrogens (tertiary/aromatic N) is 1. The van der Waals surface area contributed by atoms with Crippen LogP contribution in [0.3, 0.4) is 0 Å². The number of hydrogen-bond donors (Lipinski definition) is 1. The van der Waals surface area contributed by atoms with Gasteiger partial charge < -0.3 is 15.2 Å². The predicted molar refractivity (Wildman–Crippen MR) is 61.7 cm³/mol. The monoisotopic (exact) mass is 216 g/mol. The lowest BCUT2D eigenvalue weighted by Crippen LogP contribution is -1.95. The standard InChI is InChI=1S/C12H12N2O2/c1-15-12-10(13)5-2-6-11(12)16-9-4-3-7-14-8-9/h2-8H,13H2,1H3. The topological polar surface area (TPSA) is 57.4 Å². The van der Waals surface area contributed by atoms with Gasteiger partial charge in [0.1, 0.15) is 5.75 Å². The average Bonchev–Trinajstić information content (AvgIpc) is 2.31. The van der Waals surface area contributed by atoms with Gasteiger partial charge in [-0.2, -0.15) is 0 Å². The number of pyridine rings is 1. The number of anilines is 1. The Morgan fingerprint density at radius 1 is 1.19 bits per heavy atom. The maximum atomic E-state index is 5.76. The number of para-hydroxylation sites is 1. The first-order chi connectivity index (χ1) is 7.81. The minimum absolute atomic E-state index is 0.534. The van der Waals surface area contributed by atoms with E-state index in [1.54, 1.807) is 37.7 Å². The van der Waals surface area contributed by atoms with E-state index in [2.05, 4.69) is 4.98 Å². The number of hydrogen-bond acceptors (Lipinski definition) is 4. The van der Waals surface area contributed by atoms with Gasteiger partial charge >= 0.3 is 0 Å². The first kappa shape index (κ1) is 10.3. The fourth-order valence-corrected chi connectivity index (χ4v) is 1.37. The largest absolute Gasteiger partial charge is 0.491 e. The lowest BCUT2D eigenvalue weighted by molar-refractivity contribution is 0.380. The summed E-state index contributed by atoms with van der Waals surface area (Å²) in [4.78, 5) is 3.96. The van der Waals surface area contributed by atoms with E-state index < -0.39 is 0 Å². The zero-order valence-corrected chi connectivity index (χ0v) is 8.88. The van der Waals surface area contributed by atoms with Gasteiger partial charge in [0.2, 0.25) is 0 Å². The van der Waals surface area contributed by atoms with E-state index in [9.17, 15) is 0 Å². The fraction of sp³-hybridized carbons (Fsp3) is 0.0833. The second-order valence-electron chi connectivity index (χ2n) is 3.17. The molecule has 0 bridgehead atoms. The second kappa shape index (κ2) is 4.53. The molecule has 1 aromatic heterocycles. The highest BCUT2D eigenvalue weighted by molar-refractivity contribution is 5.60. The summed E-state index contributed by atoms with van der Waals surface area (Å²) in [6.45, 7) is 0. The molecule has 0 spiro atoms. The van der Waals surface area contributed by atoms with Crippen molar-refractivity contribution in [1.82, 2.24) is 4.98 Å². The van der Waals surface area contributed by atoms with Crippen molar-refractivity contribution in [2.75, 3.05) is 12.8 Å². The number of nitrogen functional groups attached to an aromatic ring is 1. The van der Waals surface area contributed by atoms with E-state index in [-0.39, 0.29) is 0 Å². The third-order valence-electron chi connectivity index (χ3n) is 2.08. The number of nitrogens with two attached hydrogens (primary N) is 1. The maximum absolute atomic E-state index is 5.76. The van der Waals surface area contributed by atoms with Crippen molar-refractivity contribution in [1.29, 1.82) is 0 Å². The second-order valence-corrected chi connectivity index (χ2v) is 3.17. The number of aromatic nitrogens is 1. The Labute approximate surface area is 93.6 Å². The van der Waals surface area contributed by atoms with Crippen LogP contribution in [-0.4, -0.2) is 12.1 Å². The van der Waals surface area contributed by atoms with Gasteiger partial charge in [-0.1, -0.05) is 6.07 Å². The van der Waals surface area contributed by atoms with Gasteiger partial charge in [-0.25, -0.2) is 0 Å². The third kappa shape index (κ3) is 2.06. The predicted octanol–water partition coefficient (Wildman–Crippen LogP) is 2.46. The maximum Gasteiger partial charge on any atom is 0.184 e. The Kier molecular flexibility index (Phi) is 2.91. The number of methoxy groups -OCH3 is 1. The Bertz CT molecular complexity index is 472. The van der Waals surface area contributed by atoms with Gasteiger partial charge in [-0.15, -0.1) is 0 Å². The highest BCUT2D eigenvalue weighted by Crippen LogP contribution is 2.35. The Morgan fingerprint density at radius 3 is 2.75 bits per heavy atom. The summed E-state index contributed by atoms with van der Waals surface area (Å²) in [6.07, 6.45) is 3.31. The first-order valence-corrected chi connectivity index (χ1v) is 4.81. The van der Waals surface area contributed by atoms with Crippen LogP contribution in [0.4, 0.5) is 5.69 Å². The average molecular weight is 216 g/mol. The summed E-state index contributed by atoms with van der Waals surface area (Å²) in [6, 6.07) is 8.98. The zero-order chi connectivity index (χ0) is 11.4. The molecule has 4 nitrogen and oxygen atoms in total. The highest BCUT2D eigenvalue weighted by atomic mass is 16.5. The molecule has 0 aliphatic carbocycles. The molecule has 0 saturated heterocycles. The molecule has 1 heterocycles. The molecule has 0 aliphatic rings. The van der Waals surface area contributed by atoms with Crippen molar-refractivity contribution < 1.29 is 9.47 Å². The SMILES string of the molecule is COc1c(N)cccc1Oc1cccnc1. The van der Waals surface area contributed by atoms with Crippen molar-refractivity contribution in [3.05, 3.63) is 42.7 Å². The molecule has 0 aliphatic heterocycles. The molecule has 0 fully saturated rings. The van der Waals surface area contributed by atoms with Gasteiger partial charge in [0, 0.05) is 6.20 Å². The lowest BCUT2D eigenvalue weighted by atomic mass is 10.3. The van der Waals surface area contributed by atoms with E-state index in [1.807, 2.05) is 12.1 Å². The van der Waals surface area contributed by atoms with Crippen molar-refractivity contribution in [2.24, 2.45) is 0 Å². The van der Waals surface area contributed by atoms with Gasteiger partial charge in [-0.05, 0) is 24.3 Å². The normalized spacial score (nSPS) is 9.81. The van der Waals surface area contributed by atoms with Crippen LogP contribution in [-0.2, 0) is 0 Å². The van der Waals surface area contributed by atoms with Gasteiger partial charge in [0.05, 0.1) is 19.0 Å². The van der Waals surface area contributed by atoms with Crippen molar-refractivity contribution in [3.8, 4) is 17.2 Å². The third-order valence-corrected chi connectivity index (χ3v) is 2.08. The molecular weight excluding hydrogens is 204 g/mol.